The summed E-state index contributed by atoms with van der Waals surface area (Å²) in [7, 11) is -8.26. The Balaban J connectivity index is 1.52. The monoisotopic (exact) mass is 624 g/mol. The summed E-state index contributed by atoms with van der Waals surface area (Å²) in [6.07, 6.45) is -4.71. The second-order valence-electron chi connectivity index (χ2n) is 9.43. The number of rotatable bonds is 8. The molecule has 0 aliphatic heterocycles. The third kappa shape index (κ3) is 6.58. The van der Waals surface area contributed by atoms with Crippen LogP contribution >= 0.6 is 0 Å². The Morgan fingerprint density at radius 3 is 1.37 bits per heavy atom. The van der Waals surface area contributed by atoms with Gasteiger partial charge in [-0.2, -0.15) is 30.0 Å². The lowest BCUT2D eigenvalue weighted by Gasteiger charge is -2.20. The van der Waals surface area contributed by atoms with Crippen LogP contribution in [0.3, 0.4) is 0 Å². The van der Waals surface area contributed by atoms with Gasteiger partial charge in [0, 0.05) is 5.56 Å². The second-order valence-corrected chi connectivity index (χ2v) is 12.5. The fourth-order valence-electron chi connectivity index (χ4n) is 4.50. The summed E-state index contributed by atoms with van der Waals surface area (Å²) in [5.41, 5.74) is -0.231. The van der Waals surface area contributed by atoms with Crippen molar-refractivity contribution in [2.45, 2.75) is 22.9 Å². The Bertz CT molecular complexity index is 1960. The molecule has 5 aromatic carbocycles. The van der Waals surface area contributed by atoms with E-state index in [2.05, 4.69) is 0 Å². The third-order valence-corrected chi connectivity index (χ3v) is 9.00. The van der Waals surface area contributed by atoms with Crippen LogP contribution in [0.4, 0.5) is 13.2 Å². The zero-order valence-electron chi connectivity index (χ0n) is 22.4. The molecular formula is C32H23F3O6S2. The molecule has 6 nitrogen and oxygen atoms in total. The van der Waals surface area contributed by atoms with Gasteiger partial charge >= 0.3 is 26.4 Å². The van der Waals surface area contributed by atoms with Gasteiger partial charge in [-0.05, 0) is 77.7 Å². The fourth-order valence-corrected chi connectivity index (χ4v) is 6.41. The fraction of sp³-hybridized carbons (Fsp3) is 0.0625. The Hall–Kier alpha value is -4.61. The van der Waals surface area contributed by atoms with Crippen molar-refractivity contribution in [3.8, 4) is 33.8 Å². The smallest absolute Gasteiger partial charge is 0.379 e. The van der Waals surface area contributed by atoms with E-state index in [1.807, 2.05) is 0 Å². The van der Waals surface area contributed by atoms with Crippen molar-refractivity contribution in [1.29, 1.82) is 0 Å². The van der Waals surface area contributed by atoms with Crippen LogP contribution in [0.25, 0.3) is 22.3 Å². The molecule has 0 N–H and O–H groups in total. The van der Waals surface area contributed by atoms with Gasteiger partial charge in [-0.25, -0.2) is 0 Å². The first-order chi connectivity index (χ1) is 20.3. The van der Waals surface area contributed by atoms with E-state index in [4.69, 9.17) is 8.37 Å². The summed E-state index contributed by atoms with van der Waals surface area (Å²) >= 11 is 0. The predicted molar refractivity (Wildman–Crippen MR) is 156 cm³/mol. The normalized spacial score (nSPS) is 12.1. The maximum atomic E-state index is 14.4. The average Bonchev–Trinajstić information content (AvgIpc) is 2.98. The molecular weight excluding hydrogens is 601 g/mol. The van der Waals surface area contributed by atoms with Crippen LogP contribution < -0.4 is 8.37 Å². The number of hydrogen-bond donors (Lipinski definition) is 0. The molecule has 0 spiro atoms. The number of halogens is 3. The average molecular weight is 625 g/mol. The van der Waals surface area contributed by atoms with E-state index in [1.54, 1.807) is 30.3 Å². The molecule has 0 saturated heterocycles. The van der Waals surface area contributed by atoms with Gasteiger partial charge in [0.05, 0.1) is 5.56 Å². The van der Waals surface area contributed by atoms with E-state index in [-0.39, 0.29) is 43.5 Å². The van der Waals surface area contributed by atoms with E-state index in [0.29, 0.717) is 5.56 Å². The van der Waals surface area contributed by atoms with E-state index >= 15 is 0 Å². The van der Waals surface area contributed by atoms with E-state index in [0.717, 1.165) is 0 Å². The molecule has 220 valence electrons. The topological polar surface area (TPSA) is 86.7 Å². The zero-order chi connectivity index (χ0) is 30.8. The van der Waals surface area contributed by atoms with Crippen molar-refractivity contribution in [2.75, 3.05) is 0 Å². The van der Waals surface area contributed by atoms with Gasteiger partial charge in [0.2, 0.25) is 0 Å². The second kappa shape index (κ2) is 11.6. The molecule has 0 aliphatic carbocycles. The molecule has 0 heterocycles. The highest BCUT2D eigenvalue weighted by Crippen LogP contribution is 2.45. The molecule has 43 heavy (non-hydrogen) atoms. The van der Waals surface area contributed by atoms with Crippen molar-refractivity contribution >= 4 is 20.2 Å². The van der Waals surface area contributed by atoms with Gasteiger partial charge in [0.15, 0.2) is 0 Å². The van der Waals surface area contributed by atoms with Crippen LogP contribution in [0.2, 0.25) is 0 Å². The Labute approximate surface area is 247 Å². The molecule has 11 heteroatoms. The van der Waals surface area contributed by atoms with Crippen LogP contribution in [0.1, 0.15) is 11.1 Å². The van der Waals surface area contributed by atoms with Gasteiger partial charge < -0.3 is 8.37 Å². The minimum atomic E-state index is -4.71. The standard InChI is InChI=1S/C32H23F3O6S2/c1-22-12-21-29(23-13-17-25(18-14-23)40-42(36,37)27-8-4-2-5-9-27)30(31(22)32(33,34)35)24-15-19-26(20-16-24)41-43(38,39)28-10-6-3-7-11-28/h2-21H,1H3. The summed E-state index contributed by atoms with van der Waals surface area (Å²) < 4.78 is 104. The number of alkyl halides is 3. The zero-order valence-corrected chi connectivity index (χ0v) is 24.1. The van der Waals surface area contributed by atoms with E-state index in [9.17, 15) is 30.0 Å². The highest BCUT2D eigenvalue weighted by molar-refractivity contribution is 7.87. The van der Waals surface area contributed by atoms with Crippen molar-refractivity contribution < 1.29 is 38.4 Å². The lowest BCUT2D eigenvalue weighted by Crippen LogP contribution is -2.11. The molecule has 0 bridgehead atoms. The lowest BCUT2D eigenvalue weighted by molar-refractivity contribution is -0.137. The van der Waals surface area contributed by atoms with Crippen molar-refractivity contribution in [1.82, 2.24) is 0 Å². The van der Waals surface area contributed by atoms with Crippen molar-refractivity contribution in [2.24, 2.45) is 0 Å². The molecule has 0 radical (unpaired) electrons. The van der Waals surface area contributed by atoms with Gasteiger partial charge in [-0.15, -0.1) is 0 Å². The van der Waals surface area contributed by atoms with Crippen LogP contribution in [-0.4, -0.2) is 16.8 Å². The first-order valence-corrected chi connectivity index (χ1v) is 15.6. The van der Waals surface area contributed by atoms with Gasteiger partial charge in [0.25, 0.3) is 0 Å². The largest absolute Gasteiger partial charge is 0.417 e. The summed E-state index contributed by atoms with van der Waals surface area (Å²) in [4.78, 5) is -0.109. The van der Waals surface area contributed by atoms with E-state index < -0.39 is 32.0 Å². The van der Waals surface area contributed by atoms with Crippen molar-refractivity contribution in [3.63, 3.8) is 0 Å². The molecule has 0 atom stereocenters. The maximum Gasteiger partial charge on any atom is 0.417 e. The number of aryl methyl sites for hydroxylation is 1. The summed E-state index contributed by atoms with van der Waals surface area (Å²) in [5.74, 6) is -0.0880. The molecule has 0 unspecified atom stereocenters. The number of benzene rings is 5. The van der Waals surface area contributed by atoms with Gasteiger partial charge in [-0.1, -0.05) is 72.8 Å². The molecule has 5 aromatic rings. The first kappa shape index (κ1) is 29.9. The highest BCUT2D eigenvalue weighted by atomic mass is 32.2. The Kier molecular flexibility index (Phi) is 8.04. The first-order valence-electron chi connectivity index (χ1n) is 12.8. The lowest BCUT2D eigenvalue weighted by atomic mass is 9.87. The number of hydrogen-bond acceptors (Lipinski definition) is 6. The summed E-state index contributed by atoms with van der Waals surface area (Å²) in [6, 6.07) is 28.8. The van der Waals surface area contributed by atoms with Crippen LogP contribution in [0.5, 0.6) is 11.5 Å². The molecule has 5 rings (SSSR count). The van der Waals surface area contributed by atoms with Gasteiger partial charge in [0.1, 0.15) is 21.3 Å². The maximum absolute atomic E-state index is 14.4. The van der Waals surface area contributed by atoms with Crippen LogP contribution in [-0.2, 0) is 26.4 Å². The van der Waals surface area contributed by atoms with Gasteiger partial charge in [-0.3, -0.25) is 0 Å². The highest BCUT2D eigenvalue weighted by Gasteiger charge is 2.37. The summed E-state index contributed by atoms with van der Waals surface area (Å²) in [6.45, 7) is 1.35. The third-order valence-electron chi connectivity index (χ3n) is 6.48. The molecule has 0 aliphatic rings. The van der Waals surface area contributed by atoms with Crippen LogP contribution in [0.15, 0.2) is 131 Å². The molecule has 0 amide bonds. The molecule has 0 aromatic heterocycles. The Morgan fingerprint density at radius 2 is 0.953 bits per heavy atom. The minimum absolute atomic E-state index is 0.00728. The quantitative estimate of drug-likeness (QED) is 0.163. The minimum Gasteiger partial charge on any atom is -0.379 e. The predicted octanol–water partition coefficient (Wildman–Crippen LogP) is 7.88. The van der Waals surface area contributed by atoms with E-state index in [1.165, 1.54) is 97.9 Å². The van der Waals surface area contributed by atoms with Crippen LogP contribution in [0, 0.1) is 6.92 Å². The molecule has 0 fully saturated rings. The SMILES string of the molecule is Cc1ccc(-c2ccc(OS(=O)(=O)c3ccccc3)cc2)c(-c2ccc(OS(=O)(=O)c3ccccc3)cc2)c1C(F)(F)F. The molecule has 0 saturated carbocycles. The summed E-state index contributed by atoms with van der Waals surface area (Å²) in [5, 5.41) is 0. The Morgan fingerprint density at radius 1 is 0.535 bits per heavy atom. The van der Waals surface area contributed by atoms with Crippen molar-refractivity contribution in [3.05, 3.63) is 132 Å².